The Morgan fingerprint density at radius 3 is 1.27 bits per heavy atom. The number of rotatable bonds is 22. The van der Waals surface area contributed by atoms with Crippen molar-refractivity contribution in [3.8, 4) is 0 Å². The predicted molar refractivity (Wildman–Crippen MR) is 173 cm³/mol. The molecule has 0 aromatic carbocycles. The summed E-state index contributed by atoms with van der Waals surface area (Å²) in [5.74, 6) is -1.85. The molecule has 0 heterocycles. The van der Waals surface area contributed by atoms with Crippen molar-refractivity contribution in [3.63, 3.8) is 0 Å². The van der Waals surface area contributed by atoms with E-state index < -0.39 is 18.1 Å². The Kier molecular flexibility index (Phi) is 36.5. The second kappa shape index (κ2) is 34.8. The third kappa shape index (κ3) is 27.2. The number of carbonyl (C=O) groups is 5. The molecule has 0 bridgehead atoms. The van der Waals surface area contributed by atoms with Crippen molar-refractivity contribution in [1.29, 1.82) is 0 Å². The lowest BCUT2D eigenvalue weighted by Gasteiger charge is -2.35. The molecular weight excluding hydrogens is 644 g/mol. The molecule has 0 saturated carbocycles. The Morgan fingerprint density at radius 1 is 0.551 bits per heavy atom. The summed E-state index contributed by atoms with van der Waals surface area (Å²) in [5.41, 5.74) is 0. The molecule has 0 fully saturated rings. The highest BCUT2D eigenvalue weighted by molar-refractivity contribution is 5.89. The number of amides is 4. The molecule has 0 aliphatic rings. The molecule has 0 saturated heterocycles. The average Bonchev–Trinajstić information content (AvgIpc) is 3.02. The van der Waals surface area contributed by atoms with Gasteiger partial charge in [-0.05, 0) is 43.9 Å². The highest BCUT2D eigenvalue weighted by Crippen LogP contribution is 2.18. The monoisotopic (exact) mass is 700 g/mol. The molecule has 280 valence electrons. The van der Waals surface area contributed by atoms with Crippen LogP contribution in [0.2, 0.25) is 0 Å². The first-order chi connectivity index (χ1) is 23.2. The van der Waals surface area contributed by atoms with Crippen molar-refractivity contribution in [2.24, 2.45) is 11.8 Å². The van der Waals surface area contributed by atoms with Gasteiger partial charge in [-0.1, -0.05) is 61.3 Å². The van der Waals surface area contributed by atoms with Gasteiger partial charge in [0.1, 0.15) is 12.1 Å². The average molecular weight is 701 g/mol. The van der Waals surface area contributed by atoms with Crippen LogP contribution in [0, 0.1) is 11.8 Å². The van der Waals surface area contributed by atoms with Gasteiger partial charge in [-0.2, -0.15) is 28.8 Å². The highest BCUT2D eigenvalue weighted by Gasteiger charge is 2.34. The topological polar surface area (TPSA) is 239 Å². The largest absolute Gasteiger partial charge is 0.481 e. The Bertz CT molecular complexity index is 1020. The van der Waals surface area contributed by atoms with E-state index in [2.05, 4.69) is 17.6 Å². The van der Waals surface area contributed by atoms with E-state index in [1.165, 1.54) is 0 Å². The van der Waals surface area contributed by atoms with Crippen LogP contribution in [-0.2, 0) is 52.7 Å². The number of carbonyl (C=O) groups excluding carboxylic acids is 10. The van der Waals surface area contributed by atoms with E-state index in [0.717, 1.165) is 25.7 Å². The van der Waals surface area contributed by atoms with Gasteiger partial charge in [0.2, 0.25) is 23.6 Å². The fourth-order valence-corrected chi connectivity index (χ4v) is 4.75. The lowest BCUT2D eigenvalue weighted by atomic mass is 9.99. The Balaban J connectivity index is -0.00000100. The van der Waals surface area contributed by atoms with Crippen LogP contribution in [0.5, 0.6) is 0 Å². The first-order valence-corrected chi connectivity index (χ1v) is 16.5. The molecule has 0 spiro atoms. The van der Waals surface area contributed by atoms with Gasteiger partial charge in [0.25, 0.3) is 0 Å². The number of carboxylic acid groups (broad SMARTS) is 1. The van der Waals surface area contributed by atoms with Crippen molar-refractivity contribution in [1.82, 2.24) is 20.4 Å². The number of aliphatic carboxylic acids is 1. The summed E-state index contributed by atoms with van der Waals surface area (Å²) in [6.45, 7) is 15.1. The summed E-state index contributed by atoms with van der Waals surface area (Å²) >= 11 is 0. The fourth-order valence-electron chi connectivity index (χ4n) is 4.75. The highest BCUT2D eigenvalue weighted by atomic mass is 16.4. The van der Waals surface area contributed by atoms with Crippen LogP contribution in [0.4, 0.5) is 0 Å². The molecule has 3 N–H and O–H groups in total. The molecule has 0 aromatic heterocycles. The van der Waals surface area contributed by atoms with E-state index in [9.17, 15) is 24.0 Å². The second-order valence-corrected chi connectivity index (χ2v) is 11.4. The predicted octanol–water partition coefficient (Wildman–Crippen LogP) is 2.22. The summed E-state index contributed by atoms with van der Waals surface area (Å²) in [4.78, 5) is 116. The SMILES string of the molecule is CCCCNC(=O)C(C(C)C)N(CCCC(=O)N(CCC)C(C(=O)NCCCC(=O)O)C(C)C)C(=O)CCCC.O=C=O.O=C=O.O=C=O. The molecule has 2 atom stereocenters. The molecule has 0 aliphatic heterocycles. The maximum absolute atomic E-state index is 13.4. The lowest BCUT2D eigenvalue weighted by molar-refractivity contribution is -0.193. The third-order valence-corrected chi connectivity index (χ3v) is 6.81. The van der Waals surface area contributed by atoms with E-state index in [4.69, 9.17) is 33.9 Å². The van der Waals surface area contributed by atoms with Gasteiger partial charge >= 0.3 is 24.4 Å². The summed E-state index contributed by atoms with van der Waals surface area (Å²) in [7, 11) is 0. The molecular formula is C33H56N4O12. The molecule has 0 aromatic rings. The minimum atomic E-state index is -0.919. The zero-order valence-corrected chi connectivity index (χ0v) is 30.0. The Labute approximate surface area is 289 Å². The van der Waals surface area contributed by atoms with Crippen LogP contribution in [0.25, 0.3) is 0 Å². The maximum atomic E-state index is 13.4. The molecule has 49 heavy (non-hydrogen) atoms. The van der Waals surface area contributed by atoms with Crippen LogP contribution in [0.15, 0.2) is 0 Å². The number of hydrogen-bond acceptors (Lipinski definition) is 11. The van der Waals surface area contributed by atoms with Crippen LogP contribution < -0.4 is 10.6 Å². The van der Waals surface area contributed by atoms with E-state index in [-0.39, 0.29) is 79.9 Å². The van der Waals surface area contributed by atoms with Gasteiger partial charge in [0.05, 0.1) is 0 Å². The normalized spacial score (nSPS) is 10.8. The van der Waals surface area contributed by atoms with Gasteiger partial charge in [-0.3, -0.25) is 24.0 Å². The quantitative estimate of drug-likeness (QED) is 0.138. The van der Waals surface area contributed by atoms with Crippen molar-refractivity contribution < 1.29 is 57.8 Å². The lowest BCUT2D eigenvalue weighted by Crippen LogP contribution is -2.53. The number of unbranched alkanes of at least 4 members (excludes halogenated alkanes) is 2. The molecule has 16 heteroatoms. The minimum Gasteiger partial charge on any atom is -0.481 e. The first-order valence-electron chi connectivity index (χ1n) is 16.5. The Morgan fingerprint density at radius 2 is 0.918 bits per heavy atom. The minimum absolute atomic E-state index is 0.0360. The Hall–Kier alpha value is -4.51. The molecule has 0 radical (unpaired) electrons. The van der Waals surface area contributed by atoms with E-state index in [1.807, 2.05) is 41.5 Å². The molecule has 4 amide bonds. The van der Waals surface area contributed by atoms with Gasteiger partial charge < -0.3 is 25.5 Å². The van der Waals surface area contributed by atoms with Gasteiger partial charge in [0, 0.05) is 45.4 Å². The smallest absolute Gasteiger partial charge is 0.373 e. The van der Waals surface area contributed by atoms with Crippen LogP contribution in [0.3, 0.4) is 0 Å². The van der Waals surface area contributed by atoms with Crippen molar-refractivity contribution in [3.05, 3.63) is 0 Å². The van der Waals surface area contributed by atoms with Crippen LogP contribution in [-0.4, -0.2) is 101 Å². The number of carboxylic acids is 1. The zero-order valence-electron chi connectivity index (χ0n) is 30.0. The summed E-state index contributed by atoms with van der Waals surface area (Å²) < 4.78 is 0. The fraction of sp³-hybridized carbons (Fsp3) is 0.758. The van der Waals surface area contributed by atoms with Crippen molar-refractivity contribution >= 4 is 48.1 Å². The maximum Gasteiger partial charge on any atom is 0.373 e. The third-order valence-electron chi connectivity index (χ3n) is 6.81. The van der Waals surface area contributed by atoms with Gasteiger partial charge in [0.15, 0.2) is 0 Å². The summed E-state index contributed by atoms with van der Waals surface area (Å²) in [5, 5.41) is 14.6. The summed E-state index contributed by atoms with van der Waals surface area (Å²) in [6, 6.07) is -1.28. The van der Waals surface area contributed by atoms with E-state index in [0.29, 0.717) is 38.8 Å². The number of nitrogens with one attached hydrogen (secondary N) is 2. The van der Waals surface area contributed by atoms with Gasteiger partial charge in [-0.15, -0.1) is 0 Å². The van der Waals surface area contributed by atoms with Crippen molar-refractivity contribution in [2.75, 3.05) is 26.2 Å². The van der Waals surface area contributed by atoms with Gasteiger partial charge in [-0.25, -0.2) is 0 Å². The number of hydrogen-bond donors (Lipinski definition) is 3. The first kappa shape index (κ1) is 51.3. The van der Waals surface area contributed by atoms with E-state index >= 15 is 0 Å². The van der Waals surface area contributed by atoms with Crippen LogP contribution >= 0.6 is 0 Å². The second-order valence-electron chi connectivity index (χ2n) is 11.4. The summed E-state index contributed by atoms with van der Waals surface area (Å²) in [6.07, 6.45) is 6.03. The molecule has 0 aliphatic carbocycles. The standard InChI is InChI=1S/C30H56N4O6.3CO2/c1-8-11-15-24(35)34(28(23(6)7)30(40)31-18-12-9-2)21-14-16-25(36)33(20-10-3)27(22(4)5)29(39)32-19-13-17-26(37)38;3*2-1-3/h22-23,27-28H,8-21H2,1-7H3,(H,31,40)(H,32,39)(H,37,38);;;. The molecule has 0 rings (SSSR count). The zero-order chi connectivity index (χ0) is 38.8. The molecule has 16 nitrogen and oxygen atoms in total. The van der Waals surface area contributed by atoms with E-state index in [1.54, 1.807) is 9.80 Å². The van der Waals surface area contributed by atoms with Crippen molar-refractivity contribution in [2.45, 2.75) is 125 Å². The molecule has 2 unspecified atom stereocenters. The van der Waals surface area contributed by atoms with Crippen LogP contribution in [0.1, 0.15) is 113 Å². The number of nitrogens with zero attached hydrogens (tertiary/aromatic N) is 2.